The maximum atomic E-state index is 11.3. The first-order chi connectivity index (χ1) is 46.8. The fourth-order valence-corrected chi connectivity index (χ4v) is 18.5. The molecular weight excluding hydrogens is 1270 g/mol. The largest absolute Gasteiger partial charge is 0.341 e. The van der Waals surface area contributed by atoms with Crippen molar-refractivity contribution >= 4 is 35.7 Å². The highest BCUT2D eigenvalue weighted by Crippen LogP contribution is 2.47. The quantitative estimate of drug-likeness (QED) is 0.0460. The third-order valence-electron chi connectivity index (χ3n) is 23.4. The van der Waals surface area contributed by atoms with E-state index in [2.05, 4.69) is 216 Å². The summed E-state index contributed by atoms with van der Waals surface area (Å²) in [4.78, 5) is 47.2. The number of unbranched alkanes of at least 4 members (excludes halogenated alkanes) is 7. The summed E-state index contributed by atoms with van der Waals surface area (Å²) in [6.07, 6.45) is 22.8. The average Bonchev–Trinajstić information content (AvgIpc) is 0.778. The average molecular weight is 1420 g/mol. The topological polar surface area (TPSA) is 214 Å². The van der Waals surface area contributed by atoms with Crippen LogP contribution in [0.25, 0.3) is 0 Å². The van der Waals surface area contributed by atoms with E-state index in [1.54, 1.807) is 25.3 Å². The fourth-order valence-electron chi connectivity index (χ4n) is 18.5. The molecule has 0 bridgehead atoms. The number of hydrogen-bond acceptors (Lipinski definition) is 22. The van der Waals surface area contributed by atoms with E-state index in [-0.39, 0.29) is 52.4 Å². The maximum absolute atomic E-state index is 11.3. The Balaban J connectivity index is 0.000000321. The standard InChI is InChI=1S/C42H81N9O3.C37H72N8O2/c1-16-19-22-46(31-25-37(4,5)49(52)38(6,7)26-31)34-43-35(47(23-20-17-2)32-27-39(8,9)50(53)40(10,11)28-32)45-36(44-34)48(24-21-18-3)33-29-41(12,13)51(54)42(14,15)30-33;1-13-17-21-41(22-18-14-2)31-38-32(42(23-19-15-3)29-25-34(5,6)44(46)35(7,8)26-29)40-33(39-31)43(24-20-16-4)30-27-36(9,10)45(47)37(11,12)28-30/h31-33,52-54H,16-30H2,1-15H3;29-30,46-47H,13-28H2,1-12H3. The molecule has 0 saturated carbocycles. The molecule has 0 amide bonds. The smallest absolute Gasteiger partial charge is 0.232 e. The number of anilines is 6. The normalized spacial score (nSPS) is 23.3. The van der Waals surface area contributed by atoms with Gasteiger partial charge < -0.3 is 55.4 Å². The summed E-state index contributed by atoms with van der Waals surface area (Å²) < 4.78 is 0. The van der Waals surface area contributed by atoms with Gasteiger partial charge in [0.25, 0.3) is 0 Å². The van der Waals surface area contributed by atoms with Gasteiger partial charge in [0.05, 0.1) is 0 Å². The van der Waals surface area contributed by atoms with Crippen LogP contribution in [0.5, 0.6) is 0 Å². The van der Waals surface area contributed by atoms with Gasteiger partial charge in [-0.15, -0.1) is 0 Å². The summed E-state index contributed by atoms with van der Waals surface area (Å²) in [5, 5.41) is 64.1. The summed E-state index contributed by atoms with van der Waals surface area (Å²) >= 11 is 0. The highest BCUT2D eigenvalue weighted by atomic mass is 16.5. The summed E-state index contributed by atoms with van der Waals surface area (Å²) in [5.74, 6) is 4.45. The Labute approximate surface area is 616 Å². The van der Waals surface area contributed by atoms with E-state index in [0.717, 1.165) is 218 Å². The van der Waals surface area contributed by atoms with E-state index in [1.165, 1.54) is 0 Å². The molecule has 5 aliphatic heterocycles. The van der Waals surface area contributed by atoms with E-state index < -0.39 is 33.2 Å². The third-order valence-corrected chi connectivity index (χ3v) is 23.4. The van der Waals surface area contributed by atoms with E-state index in [0.29, 0.717) is 17.8 Å². The van der Waals surface area contributed by atoms with Crippen molar-refractivity contribution < 1.29 is 26.0 Å². The van der Waals surface area contributed by atoms with Crippen molar-refractivity contribution in [3.05, 3.63) is 0 Å². The molecule has 7 heterocycles. The number of rotatable bonds is 32. The molecule has 7 rings (SSSR count). The minimum absolute atomic E-state index is 0.118. The summed E-state index contributed by atoms with van der Waals surface area (Å²) in [7, 11) is 0. The first-order valence-electron chi connectivity index (χ1n) is 40.3. The molecule has 5 N–H and O–H groups in total. The van der Waals surface area contributed by atoms with Crippen molar-refractivity contribution in [2.24, 2.45) is 0 Å². The molecule has 0 radical (unpaired) electrons. The predicted octanol–water partition coefficient (Wildman–Crippen LogP) is 17.2. The zero-order valence-electron chi connectivity index (χ0n) is 69.6. The molecule has 101 heavy (non-hydrogen) atoms. The molecule has 22 nitrogen and oxygen atoms in total. The number of hydroxylamine groups is 10. The minimum atomic E-state index is -0.430. The number of hydrogen-bond donors (Lipinski definition) is 5. The fraction of sp³-hybridized carbons (Fsp3) is 0.924. The van der Waals surface area contributed by atoms with Crippen LogP contribution in [0.1, 0.15) is 341 Å². The van der Waals surface area contributed by atoms with Gasteiger partial charge in [0.1, 0.15) is 0 Å². The molecular formula is C79H153N17O5. The zero-order valence-corrected chi connectivity index (χ0v) is 69.6. The minimum Gasteiger partial charge on any atom is -0.341 e. The Morgan fingerprint density at radius 2 is 0.366 bits per heavy atom. The summed E-state index contributed by atoms with van der Waals surface area (Å²) in [5.41, 5.74) is -4.11. The molecule has 5 saturated heterocycles. The second-order valence-corrected chi connectivity index (χ2v) is 37.9. The van der Waals surface area contributed by atoms with Gasteiger partial charge in [0, 0.05) is 131 Å². The Kier molecular flexibility index (Phi) is 29.5. The van der Waals surface area contributed by atoms with E-state index in [1.807, 2.05) is 0 Å². The molecule has 584 valence electrons. The summed E-state index contributed by atoms with van der Waals surface area (Å²) in [6.45, 7) is 64.5. The lowest BCUT2D eigenvalue weighted by Crippen LogP contribution is -2.64. The predicted molar refractivity (Wildman–Crippen MR) is 417 cm³/mol. The Morgan fingerprint density at radius 1 is 0.238 bits per heavy atom. The van der Waals surface area contributed by atoms with Crippen LogP contribution in [0.3, 0.4) is 0 Å². The molecule has 2 aromatic rings. The van der Waals surface area contributed by atoms with Gasteiger partial charge in [-0.2, -0.15) is 55.2 Å². The summed E-state index contributed by atoms with van der Waals surface area (Å²) in [6, 6.07) is 0.710. The molecule has 22 heteroatoms. The van der Waals surface area contributed by atoms with Gasteiger partial charge in [-0.1, -0.05) is 93.4 Å². The van der Waals surface area contributed by atoms with Crippen molar-refractivity contribution in [2.45, 2.75) is 427 Å². The first-order valence-corrected chi connectivity index (χ1v) is 40.3. The van der Waals surface area contributed by atoms with Gasteiger partial charge in [-0.05, 0) is 248 Å². The third kappa shape index (κ3) is 21.0. The van der Waals surface area contributed by atoms with Crippen molar-refractivity contribution in [2.75, 3.05) is 75.2 Å². The lowest BCUT2D eigenvalue weighted by Gasteiger charge is -2.54. The molecule has 5 fully saturated rings. The van der Waals surface area contributed by atoms with Crippen LogP contribution in [-0.4, -0.2) is 213 Å². The van der Waals surface area contributed by atoms with Crippen LogP contribution in [0.2, 0.25) is 0 Å². The van der Waals surface area contributed by atoms with Gasteiger partial charge >= 0.3 is 0 Å². The first kappa shape index (κ1) is 86.3. The van der Waals surface area contributed by atoms with Crippen LogP contribution in [0.4, 0.5) is 35.7 Å². The lowest BCUT2D eigenvalue weighted by molar-refractivity contribution is -0.244. The van der Waals surface area contributed by atoms with Crippen molar-refractivity contribution in [3.8, 4) is 0 Å². The molecule has 0 atom stereocenters. The number of piperidine rings is 5. The maximum Gasteiger partial charge on any atom is 0.232 e. The van der Waals surface area contributed by atoms with Crippen molar-refractivity contribution in [1.29, 1.82) is 0 Å². The molecule has 2 aromatic heterocycles. The highest BCUT2D eigenvalue weighted by molar-refractivity contribution is 5.51. The van der Waals surface area contributed by atoms with E-state index >= 15 is 0 Å². The molecule has 5 aliphatic rings. The van der Waals surface area contributed by atoms with Gasteiger partial charge in [0.15, 0.2) is 0 Å². The monoisotopic (exact) mass is 1420 g/mol. The highest BCUT2D eigenvalue weighted by Gasteiger charge is 2.53. The van der Waals surface area contributed by atoms with Gasteiger partial charge in [0.2, 0.25) is 35.7 Å². The van der Waals surface area contributed by atoms with Crippen LogP contribution in [-0.2, 0) is 0 Å². The lowest BCUT2D eigenvalue weighted by atomic mass is 9.78. The molecule has 0 aromatic carbocycles. The zero-order chi connectivity index (χ0) is 75.9. The second kappa shape index (κ2) is 34.5. The van der Waals surface area contributed by atoms with Crippen LogP contribution >= 0.6 is 0 Å². The van der Waals surface area contributed by atoms with Gasteiger partial charge in [-0.25, -0.2) is 0 Å². The number of nitrogens with zero attached hydrogens (tertiary/aromatic N) is 17. The molecule has 0 aliphatic carbocycles. The van der Waals surface area contributed by atoms with Gasteiger partial charge in [-0.3, -0.25) is 0 Å². The molecule has 0 unspecified atom stereocenters. The Bertz CT molecular complexity index is 2520. The Morgan fingerprint density at radius 3 is 0.505 bits per heavy atom. The number of aromatic nitrogens is 6. The SMILES string of the molecule is CCCCN(CCCC)c1nc(N(CCCC)C2CC(C)(C)N(O)C(C)(C)C2)nc(N(CCCC)C2CC(C)(C)N(O)C(C)(C)C2)n1.CCCCN(c1nc(N(CCCC)C2CC(C)(C)N(O)C(C)(C)C2)nc(N(CCCC)C2CC(C)(C)N(O)C(C)(C)C2)n1)C1CC(C)(C)N(O)C(C)(C)C1. The van der Waals surface area contributed by atoms with Crippen LogP contribution in [0.15, 0.2) is 0 Å². The van der Waals surface area contributed by atoms with Crippen molar-refractivity contribution in [1.82, 2.24) is 55.2 Å². The Hall–Kier alpha value is -3.58. The van der Waals surface area contributed by atoms with E-state index in [4.69, 9.17) is 29.9 Å². The van der Waals surface area contributed by atoms with Crippen LogP contribution in [0, 0.1) is 0 Å². The molecule has 0 spiro atoms. The van der Waals surface area contributed by atoms with E-state index in [9.17, 15) is 26.0 Å². The second-order valence-electron chi connectivity index (χ2n) is 37.9. The van der Waals surface area contributed by atoms with Crippen LogP contribution < -0.4 is 29.4 Å². The van der Waals surface area contributed by atoms with Crippen molar-refractivity contribution in [3.63, 3.8) is 0 Å².